The Kier molecular flexibility index (Phi) is 5.92. The zero-order valence-corrected chi connectivity index (χ0v) is 20.2. The van der Waals surface area contributed by atoms with Crippen LogP contribution in [0.25, 0.3) is 33.4 Å². The van der Waals surface area contributed by atoms with Gasteiger partial charge < -0.3 is 16.0 Å². The molecule has 0 aliphatic heterocycles. The van der Waals surface area contributed by atoms with Crippen LogP contribution >= 0.6 is 0 Å². The molecule has 1 fully saturated rings. The molecule has 6 rings (SSSR count). The first-order chi connectivity index (χ1) is 17.4. The van der Waals surface area contributed by atoms with Gasteiger partial charge in [0.05, 0.1) is 17.1 Å². The second-order valence-electron chi connectivity index (χ2n) is 8.55. The summed E-state index contributed by atoms with van der Waals surface area (Å²) in [5.74, 6) is 2.10. The van der Waals surface area contributed by atoms with Crippen molar-refractivity contribution in [1.82, 2.24) is 39.4 Å². The Bertz CT molecular complexity index is 1590. The van der Waals surface area contributed by atoms with Crippen molar-refractivity contribution in [2.75, 3.05) is 11.5 Å². The minimum absolute atomic E-state index is 0.0869. The highest BCUT2D eigenvalue weighted by molar-refractivity contribution is 5.93. The van der Waals surface area contributed by atoms with Crippen molar-refractivity contribution < 1.29 is 4.52 Å². The monoisotopic (exact) mass is 486 g/mol. The van der Waals surface area contributed by atoms with Gasteiger partial charge in [-0.15, -0.1) is 0 Å². The average Bonchev–Trinajstić information content (AvgIpc) is 3.46. The zero-order valence-electron chi connectivity index (χ0n) is 20.2. The number of anilines is 2. The summed E-state index contributed by atoms with van der Waals surface area (Å²) >= 11 is 0. The van der Waals surface area contributed by atoms with Crippen LogP contribution in [0.5, 0.6) is 0 Å². The molecule has 36 heavy (non-hydrogen) atoms. The summed E-state index contributed by atoms with van der Waals surface area (Å²) in [5, 5.41) is 8.61. The molecule has 4 aromatic heterocycles. The lowest BCUT2D eigenvalue weighted by atomic mass is 10.0. The summed E-state index contributed by atoms with van der Waals surface area (Å²) in [6.07, 6.45) is 7.94. The van der Waals surface area contributed by atoms with Crippen molar-refractivity contribution in [2.24, 2.45) is 7.05 Å². The first-order valence-electron chi connectivity index (χ1n) is 11.6. The highest BCUT2D eigenvalue weighted by Gasteiger charge is 2.28. The van der Waals surface area contributed by atoms with Gasteiger partial charge in [-0.1, -0.05) is 24.2 Å². The molecule has 5 aromatic rings. The maximum atomic E-state index is 13.1. The molecule has 4 N–H and O–H groups in total. The topological polar surface area (TPSA) is 169 Å². The van der Waals surface area contributed by atoms with Gasteiger partial charge in [0, 0.05) is 38.2 Å². The van der Waals surface area contributed by atoms with Crippen molar-refractivity contribution >= 4 is 22.5 Å². The van der Waals surface area contributed by atoms with Gasteiger partial charge in [0.25, 0.3) is 5.56 Å². The van der Waals surface area contributed by atoms with Crippen LogP contribution in [-0.4, -0.2) is 39.4 Å². The third-order valence-electron chi connectivity index (χ3n) is 5.90. The average molecular weight is 487 g/mol. The number of fused-ring (bicyclic) bond motifs is 1. The SMILES string of the molecule is CCc1nc2cccc(-c3cnn(C)c3)c2c(=O)n1C1CC1.Cc1nc(-c2c(N)ncnc2N)no1. The Morgan fingerprint density at radius 3 is 2.47 bits per heavy atom. The number of hydrogen-bond donors (Lipinski definition) is 2. The minimum Gasteiger partial charge on any atom is -0.383 e. The normalized spacial score (nSPS) is 13.0. The molecule has 0 atom stereocenters. The molecule has 0 unspecified atom stereocenters. The van der Waals surface area contributed by atoms with Gasteiger partial charge in [0.15, 0.2) is 0 Å². The molecule has 0 spiro atoms. The number of nitrogen functional groups attached to an aromatic ring is 2. The molecular formula is C24H26N10O2. The van der Waals surface area contributed by atoms with E-state index in [1.54, 1.807) is 17.8 Å². The summed E-state index contributed by atoms with van der Waals surface area (Å²) in [7, 11) is 1.88. The lowest BCUT2D eigenvalue weighted by molar-refractivity contribution is 0.394. The summed E-state index contributed by atoms with van der Waals surface area (Å²) < 4.78 is 8.46. The lowest BCUT2D eigenvalue weighted by Gasteiger charge is -2.13. The van der Waals surface area contributed by atoms with Gasteiger partial charge in [-0.2, -0.15) is 10.1 Å². The number of aryl methyl sites for hydroxylation is 3. The van der Waals surface area contributed by atoms with Crippen LogP contribution in [0.15, 0.2) is 46.2 Å². The van der Waals surface area contributed by atoms with E-state index in [9.17, 15) is 4.79 Å². The van der Waals surface area contributed by atoms with Crippen molar-refractivity contribution in [1.29, 1.82) is 0 Å². The number of rotatable bonds is 4. The quantitative estimate of drug-likeness (QED) is 0.385. The Hall–Kier alpha value is -4.61. The smallest absolute Gasteiger partial charge is 0.262 e. The highest BCUT2D eigenvalue weighted by atomic mass is 16.5. The Labute approximate surface area is 206 Å². The summed E-state index contributed by atoms with van der Waals surface area (Å²) in [6, 6.07) is 6.19. The zero-order chi connectivity index (χ0) is 25.4. The summed E-state index contributed by atoms with van der Waals surface area (Å²) in [6.45, 7) is 3.73. The van der Waals surface area contributed by atoms with Crippen LogP contribution in [0, 0.1) is 6.92 Å². The molecule has 1 aliphatic carbocycles. The largest absolute Gasteiger partial charge is 0.383 e. The second-order valence-corrected chi connectivity index (χ2v) is 8.55. The van der Waals surface area contributed by atoms with Crippen molar-refractivity contribution in [2.45, 2.75) is 39.2 Å². The van der Waals surface area contributed by atoms with Crippen molar-refractivity contribution in [3.8, 4) is 22.5 Å². The van der Waals surface area contributed by atoms with Crippen LogP contribution in [0.3, 0.4) is 0 Å². The van der Waals surface area contributed by atoms with E-state index in [2.05, 4.69) is 32.1 Å². The predicted octanol–water partition coefficient (Wildman–Crippen LogP) is 2.69. The number of benzene rings is 1. The van der Waals surface area contributed by atoms with Gasteiger partial charge in [0.1, 0.15) is 29.4 Å². The molecule has 1 aliphatic rings. The lowest BCUT2D eigenvalue weighted by Crippen LogP contribution is -2.24. The van der Waals surface area contributed by atoms with Gasteiger partial charge in [-0.3, -0.25) is 14.0 Å². The molecule has 0 radical (unpaired) electrons. The van der Waals surface area contributed by atoms with Crippen LogP contribution < -0.4 is 17.0 Å². The Balaban J connectivity index is 0.000000165. The maximum Gasteiger partial charge on any atom is 0.262 e. The van der Waals surface area contributed by atoms with E-state index in [0.717, 1.165) is 41.7 Å². The highest BCUT2D eigenvalue weighted by Crippen LogP contribution is 2.35. The minimum atomic E-state index is 0.0869. The molecular weight excluding hydrogens is 460 g/mol. The second kappa shape index (κ2) is 9.21. The fraction of sp³-hybridized carbons (Fsp3) is 0.292. The molecule has 1 aromatic carbocycles. The van der Waals surface area contributed by atoms with Gasteiger partial charge in [-0.25, -0.2) is 15.0 Å². The van der Waals surface area contributed by atoms with E-state index in [1.807, 2.05) is 36.0 Å². The third-order valence-corrected chi connectivity index (χ3v) is 5.90. The molecule has 4 heterocycles. The van der Waals surface area contributed by atoms with Gasteiger partial charge in [0.2, 0.25) is 11.7 Å². The van der Waals surface area contributed by atoms with Gasteiger partial charge >= 0.3 is 0 Å². The molecule has 12 nitrogen and oxygen atoms in total. The fourth-order valence-corrected chi connectivity index (χ4v) is 4.09. The number of aromatic nitrogens is 8. The molecule has 0 bridgehead atoms. The fourth-order valence-electron chi connectivity index (χ4n) is 4.09. The number of nitrogens with zero attached hydrogens (tertiary/aromatic N) is 8. The van der Waals surface area contributed by atoms with E-state index in [4.69, 9.17) is 21.0 Å². The Morgan fingerprint density at radius 1 is 1.14 bits per heavy atom. The standard InChI is InChI=1S/C17H18N4O.C7H8N6O/c1-3-15-19-14-6-4-5-13(11-9-18-20(2)10-11)16(14)17(22)21(15)12-7-8-12;1-3-12-7(13-14-3)4-5(8)10-2-11-6(4)9/h4-6,9-10,12H,3,7-8H2,1-2H3;2H,1H3,(H4,8,9,10,11). The van der Waals surface area contributed by atoms with Crippen LogP contribution in [0.1, 0.15) is 37.5 Å². The van der Waals surface area contributed by atoms with Crippen LogP contribution in [0.2, 0.25) is 0 Å². The molecule has 12 heteroatoms. The number of hydrogen-bond acceptors (Lipinski definition) is 10. The van der Waals surface area contributed by atoms with E-state index < -0.39 is 0 Å². The molecule has 184 valence electrons. The van der Waals surface area contributed by atoms with Crippen LogP contribution in [0.4, 0.5) is 11.6 Å². The van der Waals surface area contributed by atoms with E-state index in [-0.39, 0.29) is 17.2 Å². The molecule has 0 saturated heterocycles. The van der Waals surface area contributed by atoms with E-state index in [1.165, 1.54) is 6.33 Å². The third kappa shape index (κ3) is 4.28. The first-order valence-corrected chi connectivity index (χ1v) is 11.6. The van der Waals surface area contributed by atoms with Crippen molar-refractivity contribution in [3.05, 3.63) is 59.0 Å². The first kappa shape index (κ1) is 23.1. The van der Waals surface area contributed by atoms with Gasteiger partial charge in [-0.05, 0) is 24.5 Å². The maximum absolute atomic E-state index is 13.1. The van der Waals surface area contributed by atoms with E-state index in [0.29, 0.717) is 28.7 Å². The molecule has 0 amide bonds. The molecule has 1 saturated carbocycles. The predicted molar refractivity (Wildman–Crippen MR) is 135 cm³/mol. The van der Waals surface area contributed by atoms with Crippen LogP contribution in [-0.2, 0) is 13.5 Å². The summed E-state index contributed by atoms with van der Waals surface area (Å²) in [4.78, 5) is 29.4. The Morgan fingerprint density at radius 2 is 1.89 bits per heavy atom. The number of nitrogens with two attached hydrogens (primary N) is 2. The van der Waals surface area contributed by atoms with Crippen molar-refractivity contribution in [3.63, 3.8) is 0 Å². The van der Waals surface area contributed by atoms with E-state index >= 15 is 0 Å². The summed E-state index contributed by atoms with van der Waals surface area (Å²) in [5.41, 5.74) is 14.4.